The molecule has 0 amide bonds. The van der Waals surface area contributed by atoms with Gasteiger partial charge in [0.15, 0.2) is 23.0 Å². The molecule has 0 aromatic rings. The molecule has 0 bridgehead atoms. The second-order valence-electron chi connectivity index (χ2n) is 15.6. The van der Waals surface area contributed by atoms with E-state index < -0.39 is 94.8 Å². The van der Waals surface area contributed by atoms with Crippen LogP contribution in [0.1, 0.15) is 91.4 Å². The molecule has 0 heterocycles. The molecule has 20 heteroatoms. The van der Waals surface area contributed by atoms with E-state index in [1.807, 2.05) is 0 Å². The molecule has 3 fully saturated rings. The number of phosphoric ester groups is 2. The zero-order valence-corrected chi connectivity index (χ0v) is 33.6. The summed E-state index contributed by atoms with van der Waals surface area (Å²) in [7, 11) is -17.0. The number of aliphatic hydroxyl groups is 2. The van der Waals surface area contributed by atoms with Gasteiger partial charge in [-0.25, -0.2) is 18.1 Å². The first-order valence-corrected chi connectivity index (χ1v) is 22.9. The fourth-order valence-electron chi connectivity index (χ4n) is 9.53. The van der Waals surface area contributed by atoms with Gasteiger partial charge in [-0.15, -0.1) is 5.92 Å². The lowest BCUT2D eigenvalue weighted by Gasteiger charge is -2.62. The third kappa shape index (κ3) is 8.98. The van der Waals surface area contributed by atoms with Crippen LogP contribution >= 0.6 is 23.5 Å². The van der Waals surface area contributed by atoms with Crippen molar-refractivity contribution in [2.24, 2.45) is 28.6 Å². The predicted octanol–water partition coefficient (Wildman–Crippen LogP) is 4.97. The number of halogens is 1. The smallest absolute Gasteiger partial charge is 0.390 e. The van der Waals surface area contributed by atoms with E-state index in [0.717, 1.165) is 25.7 Å². The number of rotatable bonds is 16. The number of allylic oxidation sites excluding steroid dienone is 4. The highest BCUT2D eigenvalue weighted by Crippen LogP contribution is 2.71. The average molecular weight is 839 g/mol. The van der Waals surface area contributed by atoms with Crippen LogP contribution in [0.4, 0.5) is 4.39 Å². The van der Waals surface area contributed by atoms with Crippen LogP contribution < -0.4 is 0 Å². The molecule has 308 valence electrons. The normalized spacial score (nSPS) is 39.0. The molecule has 5 N–H and O–H groups in total. The van der Waals surface area contributed by atoms with Crippen molar-refractivity contribution in [1.29, 1.82) is 0 Å². The summed E-state index contributed by atoms with van der Waals surface area (Å²) in [5, 5.41) is 23.5. The Hall–Kier alpha value is -1.73. The van der Waals surface area contributed by atoms with Crippen LogP contribution in [0.3, 0.4) is 0 Å². The monoisotopic (exact) mass is 838 g/mol. The highest BCUT2D eigenvalue weighted by Gasteiger charge is 2.75. The molecule has 16 nitrogen and oxygen atoms in total. The molecule has 5 rings (SSSR count). The van der Waals surface area contributed by atoms with Crippen molar-refractivity contribution in [2.45, 2.75) is 115 Å². The number of carbonyl (C=O) groups is 3. The quantitative estimate of drug-likeness (QED) is 0.0782. The van der Waals surface area contributed by atoms with Crippen molar-refractivity contribution in [2.75, 3.05) is 19.8 Å². The number of hydrogen-bond donors (Lipinski definition) is 5. The Balaban J connectivity index is 1.14. The van der Waals surface area contributed by atoms with Gasteiger partial charge >= 0.3 is 23.5 Å². The molecule has 0 aliphatic heterocycles. The lowest BCUT2D eigenvalue weighted by Crippen LogP contribution is -2.69. The largest absolute Gasteiger partial charge is 0.490 e. The Morgan fingerprint density at radius 1 is 0.982 bits per heavy atom. The van der Waals surface area contributed by atoms with Crippen molar-refractivity contribution in [3.8, 4) is 11.8 Å². The molecule has 5 aliphatic rings. The summed E-state index contributed by atoms with van der Waals surface area (Å²) in [6.45, 7) is 2.48. The average Bonchev–Trinajstić information content (AvgIpc) is 3.26. The molecular weight excluding hydrogens is 788 g/mol. The summed E-state index contributed by atoms with van der Waals surface area (Å²) >= 11 is 0. The second-order valence-corrected chi connectivity index (χ2v) is 20.3. The van der Waals surface area contributed by atoms with Crippen LogP contribution in [0.5, 0.6) is 0 Å². The Morgan fingerprint density at radius 3 is 2.38 bits per heavy atom. The van der Waals surface area contributed by atoms with Crippen molar-refractivity contribution in [1.82, 2.24) is 0 Å². The minimum atomic E-state index is -5.90. The summed E-state index contributed by atoms with van der Waals surface area (Å²) in [5.74, 6) is 1.78. The maximum absolute atomic E-state index is 17.4. The maximum Gasteiger partial charge on any atom is 0.490 e. The first-order chi connectivity index (χ1) is 25.5. The van der Waals surface area contributed by atoms with Gasteiger partial charge in [-0.2, -0.15) is 8.62 Å². The predicted molar refractivity (Wildman–Crippen MR) is 191 cm³/mol. The van der Waals surface area contributed by atoms with Gasteiger partial charge in [-0.3, -0.25) is 23.4 Å². The summed E-state index contributed by atoms with van der Waals surface area (Å²) in [5.41, 5.74) is -6.81. The van der Waals surface area contributed by atoms with Crippen LogP contribution in [0.25, 0.3) is 0 Å². The molecule has 0 spiro atoms. The van der Waals surface area contributed by atoms with Gasteiger partial charge in [0.25, 0.3) is 0 Å². The van der Waals surface area contributed by atoms with E-state index in [4.69, 9.17) is 4.74 Å². The first kappa shape index (κ1) is 44.4. The van der Waals surface area contributed by atoms with E-state index >= 15 is 4.39 Å². The number of alkyl halides is 1. The van der Waals surface area contributed by atoms with Crippen molar-refractivity contribution in [3.63, 3.8) is 0 Å². The summed E-state index contributed by atoms with van der Waals surface area (Å²) in [6.07, 6.45) is 6.49. The molecule has 0 saturated heterocycles. The highest BCUT2D eigenvalue weighted by atomic mass is 31.3. The SMILES string of the molecule is C[C@@H]1C[C@H]2[C@@H]3CCC4=CC(=O)C=C[C@]4(C)[C@@]3(F)[C@@H](O)C[C@]2(C)[C@@]1(O)C(=O)COP(=O)(O)OP(=O)(O)OP(=O)(O)OCCCC(=O)COC1C#CCCCCC1. The Morgan fingerprint density at radius 2 is 1.67 bits per heavy atom. The summed E-state index contributed by atoms with van der Waals surface area (Å²) in [6, 6.07) is 0. The van der Waals surface area contributed by atoms with Crippen molar-refractivity contribution in [3.05, 3.63) is 23.8 Å². The van der Waals surface area contributed by atoms with E-state index in [1.54, 1.807) is 6.92 Å². The van der Waals surface area contributed by atoms with Gasteiger partial charge in [-0.05, 0) is 82.3 Å². The molecule has 12 atom stereocenters. The maximum atomic E-state index is 17.4. The Kier molecular flexibility index (Phi) is 13.3. The number of ether oxygens (including phenoxy) is 1. The molecule has 0 radical (unpaired) electrons. The molecular formula is C35H50FO16P3. The number of phosphoric acid groups is 3. The van der Waals surface area contributed by atoms with Crippen LogP contribution in [0.15, 0.2) is 23.8 Å². The van der Waals surface area contributed by atoms with Gasteiger partial charge < -0.3 is 29.6 Å². The van der Waals surface area contributed by atoms with Gasteiger partial charge in [0.1, 0.15) is 24.9 Å². The van der Waals surface area contributed by atoms with E-state index in [-0.39, 0.29) is 50.0 Å². The fraction of sp³-hybridized carbons (Fsp3) is 0.743. The van der Waals surface area contributed by atoms with Crippen LogP contribution in [0, 0.1) is 40.4 Å². The molecule has 0 aromatic carbocycles. The molecule has 5 aliphatic carbocycles. The summed E-state index contributed by atoms with van der Waals surface area (Å²) < 4.78 is 77.8. The fourth-order valence-corrected chi connectivity index (χ4v) is 13.0. The second kappa shape index (κ2) is 16.5. The molecule has 0 aromatic heterocycles. The first-order valence-electron chi connectivity index (χ1n) is 18.4. The van der Waals surface area contributed by atoms with E-state index in [9.17, 15) is 53.0 Å². The highest BCUT2D eigenvalue weighted by molar-refractivity contribution is 7.66. The number of Topliss-reactive ketones (excluding diaryl/α,β-unsaturated/α-hetero) is 2. The van der Waals surface area contributed by atoms with Crippen LogP contribution in [-0.4, -0.2) is 85.5 Å². The molecule has 3 saturated carbocycles. The summed E-state index contributed by atoms with van der Waals surface area (Å²) in [4.78, 5) is 68.1. The number of aliphatic hydroxyl groups excluding tert-OH is 1. The van der Waals surface area contributed by atoms with E-state index in [2.05, 4.69) is 29.5 Å². The Bertz CT molecular complexity index is 1810. The molecule has 55 heavy (non-hydrogen) atoms. The number of fused-ring (bicyclic) bond motifs is 5. The standard InChI is InChI=1S/C35H50FO16P3/c1-23-18-29-28-14-13-24-19-25(37)15-16-32(24,2)34(28,36)30(39)20-33(29,3)35(23,41)31(40)22-50-54(44,45)52-55(46,47)51-53(42,43)49-17-9-10-26(38)21-48-27-11-7-5-4-6-8-12-27/h15-16,19,23,27-30,39,41H,4-7,9-11,13-14,17-18,20-22H2,1-3H3,(H,42,43)(H,44,45)(H,46,47)/t23-,27?,28+,29+,30+,32+,33+,34+,35+/m1/s1. The molecule has 4 unspecified atom stereocenters. The number of ketones is 3. The van der Waals surface area contributed by atoms with Gasteiger partial charge in [0, 0.05) is 29.6 Å². The third-order valence-corrected chi connectivity index (χ3v) is 16.5. The van der Waals surface area contributed by atoms with Gasteiger partial charge in [0.05, 0.1) is 12.7 Å². The number of hydrogen-bond acceptors (Lipinski definition) is 13. The van der Waals surface area contributed by atoms with Gasteiger partial charge in [-0.1, -0.05) is 37.8 Å². The third-order valence-electron chi connectivity index (χ3n) is 12.3. The van der Waals surface area contributed by atoms with E-state index in [1.165, 1.54) is 32.1 Å². The zero-order valence-electron chi connectivity index (χ0n) is 31.0. The lowest BCUT2D eigenvalue weighted by molar-refractivity contribution is -0.219. The van der Waals surface area contributed by atoms with E-state index in [0.29, 0.717) is 18.4 Å². The topological polar surface area (TPSA) is 250 Å². The Labute approximate surface area is 319 Å². The zero-order chi connectivity index (χ0) is 40.7. The van der Waals surface area contributed by atoms with Gasteiger partial charge in [0.2, 0.25) is 0 Å². The minimum Gasteiger partial charge on any atom is -0.390 e. The van der Waals surface area contributed by atoms with Crippen molar-refractivity contribution >= 4 is 40.8 Å². The number of carbonyl (C=O) groups excluding carboxylic acids is 3. The van der Waals surface area contributed by atoms with Crippen LogP contribution in [0.2, 0.25) is 0 Å². The van der Waals surface area contributed by atoms with Crippen LogP contribution in [-0.2, 0) is 50.5 Å². The van der Waals surface area contributed by atoms with Crippen molar-refractivity contribution < 1.29 is 79.8 Å². The minimum absolute atomic E-state index is 0.118. The lowest BCUT2D eigenvalue weighted by atomic mass is 9.44.